The second-order valence-electron chi connectivity index (χ2n) is 3.27. The maximum absolute atomic E-state index is 12.0. The van der Waals surface area contributed by atoms with Gasteiger partial charge in [-0.05, 0) is 0 Å². The molecule has 0 aliphatic rings. The van der Waals surface area contributed by atoms with Crippen LogP contribution in [0.4, 0.5) is 0 Å². The molecule has 1 heterocycles. The summed E-state index contributed by atoms with van der Waals surface area (Å²) in [6.45, 7) is 0.443. The van der Waals surface area contributed by atoms with Crippen LogP contribution < -0.4 is 0 Å². The van der Waals surface area contributed by atoms with Crippen molar-refractivity contribution in [2.75, 3.05) is 7.11 Å². The Balaban J connectivity index is 2.21. The highest BCUT2D eigenvalue weighted by atomic mass is 32.1. The molecule has 2 rings (SSSR count). The van der Waals surface area contributed by atoms with Crippen molar-refractivity contribution in [3.8, 4) is 0 Å². The Morgan fingerprint density at radius 3 is 2.81 bits per heavy atom. The van der Waals surface area contributed by atoms with Gasteiger partial charge in [-0.3, -0.25) is 4.79 Å². The highest BCUT2D eigenvalue weighted by Gasteiger charge is 2.12. The molecule has 0 aliphatic carbocycles. The van der Waals surface area contributed by atoms with Crippen LogP contribution in [0, 0.1) is 0 Å². The Hall–Kier alpha value is -1.52. The number of hydrogen-bond donors (Lipinski definition) is 0. The Kier molecular flexibility index (Phi) is 3.44. The van der Waals surface area contributed by atoms with Crippen molar-refractivity contribution in [1.29, 1.82) is 0 Å². The number of ether oxygens (including phenoxy) is 1. The monoisotopic (exact) mass is 233 g/mol. The summed E-state index contributed by atoms with van der Waals surface area (Å²) in [5, 5.41) is 2.36. The first kappa shape index (κ1) is 11.0. The van der Waals surface area contributed by atoms with Crippen LogP contribution in [-0.4, -0.2) is 17.9 Å². The Labute approximate surface area is 97.7 Å². The van der Waals surface area contributed by atoms with E-state index < -0.39 is 0 Å². The molecule has 0 saturated heterocycles. The van der Waals surface area contributed by atoms with Crippen molar-refractivity contribution in [1.82, 2.24) is 4.98 Å². The first-order valence-electron chi connectivity index (χ1n) is 4.84. The lowest BCUT2D eigenvalue weighted by Gasteiger charge is -1.95. The van der Waals surface area contributed by atoms with Crippen molar-refractivity contribution >= 4 is 17.1 Å². The van der Waals surface area contributed by atoms with Gasteiger partial charge in [0.1, 0.15) is 0 Å². The number of thiazole rings is 1. The van der Waals surface area contributed by atoms with Crippen molar-refractivity contribution < 1.29 is 9.53 Å². The lowest BCUT2D eigenvalue weighted by atomic mass is 10.1. The van der Waals surface area contributed by atoms with Gasteiger partial charge in [-0.1, -0.05) is 30.3 Å². The standard InChI is InChI=1S/C12H11NO2S/c1-15-7-10-8-16-12(13-10)11(14)9-5-3-2-4-6-9/h2-6,8H,7H2,1H3. The van der Waals surface area contributed by atoms with Crippen LogP contribution in [0.5, 0.6) is 0 Å². The average molecular weight is 233 g/mol. The van der Waals surface area contributed by atoms with Gasteiger partial charge in [-0.15, -0.1) is 11.3 Å². The zero-order valence-corrected chi connectivity index (χ0v) is 9.66. The summed E-state index contributed by atoms with van der Waals surface area (Å²) >= 11 is 1.35. The maximum Gasteiger partial charge on any atom is 0.221 e. The summed E-state index contributed by atoms with van der Waals surface area (Å²) in [6, 6.07) is 9.16. The lowest BCUT2D eigenvalue weighted by molar-refractivity contribution is 0.103. The summed E-state index contributed by atoms with van der Waals surface area (Å²) in [4.78, 5) is 16.2. The number of nitrogens with zero attached hydrogens (tertiary/aromatic N) is 1. The van der Waals surface area contributed by atoms with Crippen LogP contribution >= 0.6 is 11.3 Å². The number of methoxy groups -OCH3 is 1. The molecule has 0 N–H and O–H groups in total. The van der Waals surface area contributed by atoms with Crippen molar-refractivity contribution in [2.24, 2.45) is 0 Å². The smallest absolute Gasteiger partial charge is 0.221 e. The third-order valence-electron chi connectivity index (χ3n) is 2.07. The van der Waals surface area contributed by atoms with E-state index in [1.165, 1.54) is 11.3 Å². The summed E-state index contributed by atoms with van der Waals surface area (Å²) in [5.41, 5.74) is 1.47. The fraction of sp³-hybridized carbons (Fsp3) is 0.167. The first-order valence-corrected chi connectivity index (χ1v) is 5.72. The molecular weight excluding hydrogens is 222 g/mol. The van der Waals surface area contributed by atoms with Gasteiger partial charge in [-0.2, -0.15) is 0 Å². The van der Waals surface area contributed by atoms with Gasteiger partial charge >= 0.3 is 0 Å². The van der Waals surface area contributed by atoms with Gasteiger partial charge in [-0.25, -0.2) is 4.98 Å². The van der Waals surface area contributed by atoms with Crippen LogP contribution in [0.25, 0.3) is 0 Å². The average Bonchev–Trinajstić information content (AvgIpc) is 2.78. The molecule has 0 atom stereocenters. The van der Waals surface area contributed by atoms with Gasteiger partial charge in [0.25, 0.3) is 0 Å². The molecule has 0 fully saturated rings. The van der Waals surface area contributed by atoms with E-state index in [0.717, 1.165) is 5.69 Å². The molecule has 1 aromatic carbocycles. The quantitative estimate of drug-likeness (QED) is 0.762. The van der Waals surface area contributed by atoms with Crippen LogP contribution in [0.2, 0.25) is 0 Å². The number of hydrogen-bond acceptors (Lipinski definition) is 4. The zero-order valence-electron chi connectivity index (χ0n) is 8.84. The molecule has 0 aliphatic heterocycles. The third kappa shape index (κ3) is 2.35. The predicted octanol–water partition coefficient (Wildman–Crippen LogP) is 2.52. The SMILES string of the molecule is COCc1csc(C(=O)c2ccccc2)n1. The number of carbonyl (C=O) groups excluding carboxylic acids is 1. The highest BCUT2D eigenvalue weighted by molar-refractivity contribution is 7.12. The number of aromatic nitrogens is 1. The number of rotatable bonds is 4. The molecule has 3 nitrogen and oxygen atoms in total. The molecule has 82 valence electrons. The molecule has 0 saturated carbocycles. The van der Waals surface area contributed by atoms with E-state index in [4.69, 9.17) is 4.74 Å². The summed E-state index contributed by atoms with van der Waals surface area (Å²) in [7, 11) is 1.61. The summed E-state index contributed by atoms with van der Waals surface area (Å²) in [6.07, 6.45) is 0. The fourth-order valence-corrected chi connectivity index (χ4v) is 2.10. The molecule has 0 bridgehead atoms. The van der Waals surface area contributed by atoms with E-state index in [-0.39, 0.29) is 5.78 Å². The van der Waals surface area contributed by atoms with Gasteiger partial charge in [0.15, 0.2) is 5.01 Å². The third-order valence-corrected chi connectivity index (χ3v) is 2.96. The van der Waals surface area contributed by atoms with E-state index >= 15 is 0 Å². The summed E-state index contributed by atoms with van der Waals surface area (Å²) in [5.74, 6) is -0.0343. The minimum Gasteiger partial charge on any atom is -0.378 e. The molecule has 0 unspecified atom stereocenters. The Bertz CT molecular complexity index is 479. The predicted molar refractivity (Wildman–Crippen MR) is 62.7 cm³/mol. The molecule has 0 radical (unpaired) electrons. The molecule has 2 aromatic rings. The number of ketones is 1. The lowest BCUT2D eigenvalue weighted by Crippen LogP contribution is -2.00. The second kappa shape index (κ2) is 5.01. The van der Waals surface area contributed by atoms with Gasteiger partial charge in [0.05, 0.1) is 12.3 Å². The molecule has 0 spiro atoms. The van der Waals surface area contributed by atoms with Gasteiger partial charge in [0, 0.05) is 18.1 Å². The highest BCUT2D eigenvalue weighted by Crippen LogP contribution is 2.15. The van der Waals surface area contributed by atoms with Crippen LogP contribution in [0.3, 0.4) is 0 Å². The molecule has 16 heavy (non-hydrogen) atoms. The number of carbonyl (C=O) groups is 1. The Morgan fingerprint density at radius 2 is 2.12 bits per heavy atom. The van der Waals surface area contributed by atoms with Crippen molar-refractivity contribution in [2.45, 2.75) is 6.61 Å². The number of benzene rings is 1. The minimum atomic E-state index is -0.0343. The second-order valence-corrected chi connectivity index (χ2v) is 4.13. The fourth-order valence-electron chi connectivity index (χ4n) is 1.34. The Morgan fingerprint density at radius 1 is 1.38 bits per heavy atom. The normalized spacial score (nSPS) is 10.3. The molecule has 4 heteroatoms. The summed E-state index contributed by atoms with van der Waals surface area (Å²) < 4.78 is 4.96. The molecule has 1 aromatic heterocycles. The van der Waals surface area contributed by atoms with Gasteiger partial charge in [0.2, 0.25) is 5.78 Å². The van der Waals surface area contributed by atoms with Crippen LogP contribution in [0.15, 0.2) is 35.7 Å². The molecular formula is C12H11NO2S. The van der Waals surface area contributed by atoms with Crippen molar-refractivity contribution in [3.05, 3.63) is 52.0 Å². The first-order chi connectivity index (χ1) is 7.81. The van der Waals surface area contributed by atoms with Gasteiger partial charge < -0.3 is 4.74 Å². The van der Waals surface area contributed by atoms with E-state index in [9.17, 15) is 4.79 Å². The van der Waals surface area contributed by atoms with E-state index in [2.05, 4.69) is 4.98 Å². The molecule has 0 amide bonds. The topological polar surface area (TPSA) is 39.2 Å². The van der Waals surface area contributed by atoms with E-state index in [0.29, 0.717) is 17.2 Å². The van der Waals surface area contributed by atoms with Crippen molar-refractivity contribution in [3.63, 3.8) is 0 Å². The zero-order chi connectivity index (χ0) is 11.4. The van der Waals surface area contributed by atoms with E-state index in [1.54, 1.807) is 19.2 Å². The van der Waals surface area contributed by atoms with E-state index in [1.807, 2.05) is 23.6 Å². The van der Waals surface area contributed by atoms with Crippen LogP contribution in [0.1, 0.15) is 21.1 Å². The van der Waals surface area contributed by atoms with Crippen LogP contribution in [-0.2, 0) is 11.3 Å². The minimum absolute atomic E-state index is 0.0343. The maximum atomic E-state index is 12.0. The largest absolute Gasteiger partial charge is 0.378 e.